The van der Waals surface area contributed by atoms with E-state index in [1.165, 1.54) is 11.3 Å². The minimum absolute atomic E-state index is 0.267. The lowest BCUT2D eigenvalue weighted by atomic mass is 10.1. The van der Waals surface area contributed by atoms with Gasteiger partial charge < -0.3 is 4.98 Å². The number of hydrogen-bond donors (Lipinski definition) is 1. The van der Waals surface area contributed by atoms with Gasteiger partial charge in [0.1, 0.15) is 11.4 Å². The Hall–Kier alpha value is -3.76. The molecule has 27 heavy (non-hydrogen) atoms. The minimum Gasteiger partial charge on any atom is -0.319 e. The fourth-order valence-electron chi connectivity index (χ4n) is 3.11. The molecule has 2 aromatic carbocycles. The summed E-state index contributed by atoms with van der Waals surface area (Å²) < 4.78 is 1.88. The van der Waals surface area contributed by atoms with Gasteiger partial charge in [0.25, 0.3) is 5.56 Å². The molecular weight excluding hydrogens is 358 g/mol. The predicted molar refractivity (Wildman–Crippen MR) is 105 cm³/mol. The summed E-state index contributed by atoms with van der Waals surface area (Å²) in [4.78, 5) is 25.8. The van der Waals surface area contributed by atoms with Crippen molar-refractivity contribution in [2.24, 2.45) is 0 Å². The first-order valence-electron chi connectivity index (χ1n) is 8.20. The van der Waals surface area contributed by atoms with Crippen LogP contribution in [0, 0.1) is 11.3 Å². The number of nitriles is 1. The molecule has 5 aromatic rings. The molecule has 3 aromatic heterocycles. The highest BCUT2D eigenvalue weighted by molar-refractivity contribution is 7.15. The van der Waals surface area contributed by atoms with Crippen LogP contribution in [-0.2, 0) is 0 Å². The summed E-state index contributed by atoms with van der Waals surface area (Å²) in [6, 6.07) is 16.7. The van der Waals surface area contributed by atoms with Gasteiger partial charge in [0.15, 0.2) is 10.7 Å². The van der Waals surface area contributed by atoms with E-state index in [1.807, 2.05) is 52.4 Å². The number of nitrogens with zero attached hydrogens (tertiary/aromatic N) is 4. The van der Waals surface area contributed by atoms with Crippen molar-refractivity contribution >= 4 is 27.3 Å². The number of imidazole rings is 1. The first-order valence-corrected chi connectivity index (χ1v) is 9.08. The van der Waals surface area contributed by atoms with E-state index in [9.17, 15) is 4.79 Å². The molecule has 0 amide bonds. The second-order valence-electron chi connectivity index (χ2n) is 5.99. The summed E-state index contributed by atoms with van der Waals surface area (Å²) in [6.07, 6.45) is 1.88. The minimum atomic E-state index is -0.267. The average Bonchev–Trinajstić information content (AvgIpc) is 3.29. The van der Waals surface area contributed by atoms with Crippen molar-refractivity contribution in [1.82, 2.24) is 19.4 Å². The molecule has 0 bridgehead atoms. The van der Waals surface area contributed by atoms with E-state index in [2.05, 4.69) is 16.0 Å². The van der Waals surface area contributed by atoms with Crippen molar-refractivity contribution in [2.45, 2.75) is 0 Å². The number of thiazole rings is 1. The number of fused-ring (bicyclic) bond motifs is 2. The summed E-state index contributed by atoms with van der Waals surface area (Å²) in [5.41, 5.74) is 4.16. The van der Waals surface area contributed by atoms with Crippen molar-refractivity contribution in [1.29, 1.82) is 5.26 Å². The summed E-state index contributed by atoms with van der Waals surface area (Å²) >= 11 is 1.49. The zero-order valence-corrected chi connectivity index (χ0v) is 14.7. The number of hydrogen-bond acceptors (Lipinski definition) is 5. The highest BCUT2D eigenvalue weighted by Gasteiger charge is 2.21. The first-order chi connectivity index (χ1) is 13.2. The van der Waals surface area contributed by atoms with Gasteiger partial charge in [-0.05, 0) is 24.3 Å². The van der Waals surface area contributed by atoms with Crippen LogP contribution in [-0.4, -0.2) is 19.4 Å². The molecule has 0 aliphatic rings. The average molecular weight is 369 g/mol. The van der Waals surface area contributed by atoms with Gasteiger partial charge in [0.05, 0.1) is 22.7 Å². The van der Waals surface area contributed by atoms with E-state index in [4.69, 9.17) is 10.2 Å². The molecule has 0 spiro atoms. The van der Waals surface area contributed by atoms with Crippen LogP contribution in [0.25, 0.3) is 38.6 Å². The normalized spacial score (nSPS) is 11.1. The van der Waals surface area contributed by atoms with Gasteiger partial charge in [-0.3, -0.25) is 9.20 Å². The number of H-pyrrole nitrogens is 1. The Labute approximate surface area is 157 Å². The van der Waals surface area contributed by atoms with E-state index < -0.39 is 0 Å². The van der Waals surface area contributed by atoms with Gasteiger partial charge in [-0.1, -0.05) is 24.3 Å². The van der Waals surface area contributed by atoms with Gasteiger partial charge in [-0.15, -0.1) is 11.3 Å². The van der Waals surface area contributed by atoms with Crippen molar-refractivity contribution < 1.29 is 0 Å². The molecule has 0 fully saturated rings. The monoisotopic (exact) mass is 369 g/mol. The van der Waals surface area contributed by atoms with E-state index in [1.54, 1.807) is 12.1 Å². The first kappa shape index (κ1) is 15.5. The zero-order chi connectivity index (χ0) is 18.4. The standard InChI is InChI=1S/C20H11N5OS/c21-11-12-5-7-13(8-6-12)16-18(25-9-10-27-20(25)24-16)17-19(26)23-15-4-2-1-3-14(15)22-17/h1-10H,(H,23,26). The molecule has 5 rings (SSSR count). The maximum atomic E-state index is 12.8. The van der Waals surface area contributed by atoms with Crippen molar-refractivity contribution in [3.8, 4) is 28.7 Å². The van der Waals surface area contributed by atoms with Crippen molar-refractivity contribution in [3.63, 3.8) is 0 Å². The summed E-state index contributed by atoms with van der Waals surface area (Å²) in [5, 5.41) is 10.9. The molecule has 0 unspecified atom stereocenters. The molecular formula is C20H11N5OS. The zero-order valence-electron chi connectivity index (χ0n) is 13.9. The van der Waals surface area contributed by atoms with Crippen LogP contribution < -0.4 is 5.56 Å². The topological polar surface area (TPSA) is 86.8 Å². The van der Waals surface area contributed by atoms with E-state index in [-0.39, 0.29) is 5.56 Å². The van der Waals surface area contributed by atoms with Crippen LogP contribution in [0.3, 0.4) is 0 Å². The summed E-state index contributed by atoms with van der Waals surface area (Å²) in [7, 11) is 0. The number of benzene rings is 2. The van der Waals surface area contributed by atoms with E-state index in [0.29, 0.717) is 33.7 Å². The van der Waals surface area contributed by atoms with Gasteiger partial charge in [-0.2, -0.15) is 5.26 Å². The van der Waals surface area contributed by atoms with Crippen LogP contribution in [0.15, 0.2) is 64.9 Å². The Morgan fingerprint density at radius 2 is 1.85 bits per heavy atom. The Balaban J connectivity index is 1.82. The molecule has 1 N–H and O–H groups in total. The smallest absolute Gasteiger partial charge is 0.276 e. The third-order valence-electron chi connectivity index (χ3n) is 4.37. The molecule has 128 valence electrons. The molecule has 0 atom stereocenters. The van der Waals surface area contributed by atoms with Gasteiger partial charge in [0, 0.05) is 17.1 Å². The molecule has 0 saturated carbocycles. The lowest BCUT2D eigenvalue weighted by Crippen LogP contribution is -2.12. The number of nitrogens with one attached hydrogen (secondary N) is 1. The van der Waals surface area contributed by atoms with E-state index >= 15 is 0 Å². The van der Waals surface area contributed by atoms with Crippen LogP contribution in [0.2, 0.25) is 0 Å². The fraction of sp³-hybridized carbons (Fsp3) is 0. The Morgan fingerprint density at radius 3 is 2.67 bits per heavy atom. The molecule has 0 aliphatic heterocycles. The Bertz CT molecular complexity index is 1400. The molecule has 6 nitrogen and oxygen atoms in total. The lowest BCUT2D eigenvalue weighted by Gasteiger charge is -2.05. The molecule has 0 radical (unpaired) electrons. The fourth-order valence-corrected chi connectivity index (χ4v) is 3.82. The molecule has 3 heterocycles. The molecule has 0 aliphatic carbocycles. The summed E-state index contributed by atoms with van der Waals surface area (Å²) in [6.45, 7) is 0. The highest BCUT2D eigenvalue weighted by Crippen LogP contribution is 2.32. The second kappa shape index (κ2) is 5.90. The number of aromatic amines is 1. The quantitative estimate of drug-likeness (QED) is 0.512. The highest BCUT2D eigenvalue weighted by atomic mass is 32.1. The maximum Gasteiger partial charge on any atom is 0.276 e. The van der Waals surface area contributed by atoms with Crippen LogP contribution in [0.5, 0.6) is 0 Å². The predicted octanol–water partition coefficient (Wildman–Crippen LogP) is 3.84. The van der Waals surface area contributed by atoms with Crippen LogP contribution in [0.4, 0.5) is 0 Å². The van der Waals surface area contributed by atoms with Crippen LogP contribution >= 0.6 is 11.3 Å². The summed E-state index contributed by atoms with van der Waals surface area (Å²) in [5.74, 6) is 0. The number of aromatic nitrogens is 4. The Morgan fingerprint density at radius 1 is 1.04 bits per heavy atom. The van der Waals surface area contributed by atoms with Gasteiger partial charge >= 0.3 is 0 Å². The third kappa shape index (κ3) is 2.43. The molecule has 7 heteroatoms. The maximum absolute atomic E-state index is 12.8. The Kier molecular flexibility index (Phi) is 3.38. The SMILES string of the molecule is N#Cc1ccc(-c2nc3sccn3c2-c2nc3ccccc3[nH]c2=O)cc1. The van der Waals surface area contributed by atoms with Crippen molar-refractivity contribution in [3.05, 3.63) is 76.0 Å². The van der Waals surface area contributed by atoms with Crippen LogP contribution in [0.1, 0.15) is 5.56 Å². The lowest BCUT2D eigenvalue weighted by molar-refractivity contribution is 1.16. The molecule has 0 saturated heterocycles. The van der Waals surface area contributed by atoms with Gasteiger partial charge in [0.2, 0.25) is 0 Å². The number of para-hydroxylation sites is 2. The third-order valence-corrected chi connectivity index (χ3v) is 5.13. The number of rotatable bonds is 2. The second-order valence-corrected chi connectivity index (χ2v) is 6.86. The van der Waals surface area contributed by atoms with E-state index in [0.717, 1.165) is 10.5 Å². The largest absolute Gasteiger partial charge is 0.319 e. The van der Waals surface area contributed by atoms with Crippen molar-refractivity contribution in [2.75, 3.05) is 0 Å². The van der Waals surface area contributed by atoms with Gasteiger partial charge in [-0.25, -0.2) is 9.97 Å².